The summed E-state index contributed by atoms with van der Waals surface area (Å²) < 4.78 is 1.86. The van der Waals surface area contributed by atoms with Gasteiger partial charge < -0.3 is 14.8 Å². The fraction of sp³-hybridized carbons (Fsp3) is 0.222. The molecule has 1 heterocycles. The molecular formula is C9H10N2O2. The molecule has 0 radical (unpaired) electrons. The van der Waals surface area contributed by atoms with Crippen molar-refractivity contribution < 1.29 is 10.2 Å². The zero-order chi connectivity index (χ0) is 9.59. The van der Waals surface area contributed by atoms with Gasteiger partial charge in [-0.2, -0.15) is 0 Å². The number of aromatic nitrogens is 2. The molecular weight excluding hydrogens is 168 g/mol. The van der Waals surface area contributed by atoms with Gasteiger partial charge in [-0.05, 0) is 6.92 Å². The van der Waals surface area contributed by atoms with Crippen LogP contribution in [0.25, 0.3) is 11.0 Å². The molecule has 0 atom stereocenters. The molecule has 2 N–H and O–H groups in total. The molecule has 0 aliphatic carbocycles. The van der Waals surface area contributed by atoms with Gasteiger partial charge in [0.05, 0.1) is 11.0 Å². The molecule has 0 aliphatic rings. The highest BCUT2D eigenvalue weighted by Crippen LogP contribution is 2.29. The van der Waals surface area contributed by atoms with Crippen LogP contribution in [0.2, 0.25) is 0 Å². The molecule has 2 rings (SSSR count). The maximum Gasteiger partial charge on any atom is 0.159 e. The molecule has 1 aromatic carbocycles. The Kier molecular flexibility index (Phi) is 1.45. The Hall–Kier alpha value is -1.71. The number of fused-ring (bicyclic) bond motifs is 1. The predicted octanol–water partition coefficient (Wildman–Crippen LogP) is 1.29. The monoisotopic (exact) mass is 178 g/mol. The van der Waals surface area contributed by atoms with Gasteiger partial charge in [0.1, 0.15) is 5.82 Å². The Balaban J connectivity index is 2.89. The number of aryl methyl sites for hydroxylation is 2. The maximum absolute atomic E-state index is 9.26. The molecule has 68 valence electrons. The van der Waals surface area contributed by atoms with Crippen LogP contribution in [0.5, 0.6) is 11.5 Å². The number of hydrogen-bond donors (Lipinski definition) is 2. The highest BCUT2D eigenvalue weighted by Gasteiger charge is 2.07. The summed E-state index contributed by atoms with van der Waals surface area (Å²) >= 11 is 0. The van der Waals surface area contributed by atoms with E-state index in [0.717, 1.165) is 11.3 Å². The van der Waals surface area contributed by atoms with E-state index in [-0.39, 0.29) is 11.5 Å². The van der Waals surface area contributed by atoms with Crippen molar-refractivity contribution in [2.45, 2.75) is 6.92 Å². The number of phenols is 2. The third-order valence-corrected chi connectivity index (χ3v) is 2.20. The molecule has 0 saturated carbocycles. The summed E-state index contributed by atoms with van der Waals surface area (Å²) in [7, 11) is 1.86. The van der Waals surface area contributed by atoms with Crippen molar-refractivity contribution in [3.05, 3.63) is 18.0 Å². The van der Waals surface area contributed by atoms with Gasteiger partial charge in [0, 0.05) is 19.2 Å². The number of aromatic hydroxyl groups is 2. The van der Waals surface area contributed by atoms with Crippen LogP contribution >= 0.6 is 0 Å². The van der Waals surface area contributed by atoms with Gasteiger partial charge in [0.25, 0.3) is 0 Å². The molecule has 0 saturated heterocycles. The minimum absolute atomic E-state index is 0.115. The third kappa shape index (κ3) is 1.02. The SMILES string of the molecule is Cc1nc2cc(O)c(O)cc2n1C. The number of imidazole rings is 1. The Labute approximate surface area is 75.1 Å². The zero-order valence-electron chi connectivity index (χ0n) is 7.44. The largest absolute Gasteiger partial charge is 0.504 e. The number of rotatable bonds is 0. The van der Waals surface area contributed by atoms with E-state index in [1.165, 1.54) is 12.1 Å². The number of nitrogens with zero attached hydrogens (tertiary/aromatic N) is 2. The molecule has 0 amide bonds. The summed E-state index contributed by atoms with van der Waals surface area (Å²) in [5, 5.41) is 18.5. The van der Waals surface area contributed by atoms with E-state index in [0.29, 0.717) is 5.52 Å². The molecule has 1 aromatic heterocycles. The van der Waals surface area contributed by atoms with E-state index < -0.39 is 0 Å². The summed E-state index contributed by atoms with van der Waals surface area (Å²) in [6, 6.07) is 2.96. The topological polar surface area (TPSA) is 58.3 Å². The van der Waals surface area contributed by atoms with Crippen LogP contribution in [0.15, 0.2) is 12.1 Å². The van der Waals surface area contributed by atoms with Gasteiger partial charge in [-0.3, -0.25) is 0 Å². The quantitative estimate of drug-likeness (QED) is 0.597. The Morgan fingerprint density at radius 3 is 2.54 bits per heavy atom. The highest BCUT2D eigenvalue weighted by atomic mass is 16.3. The zero-order valence-corrected chi connectivity index (χ0v) is 7.44. The normalized spacial score (nSPS) is 10.9. The fourth-order valence-electron chi connectivity index (χ4n) is 1.34. The number of benzene rings is 1. The lowest BCUT2D eigenvalue weighted by Crippen LogP contribution is -1.89. The van der Waals surface area contributed by atoms with E-state index in [4.69, 9.17) is 0 Å². The van der Waals surface area contributed by atoms with Crippen LogP contribution in [-0.4, -0.2) is 19.8 Å². The summed E-state index contributed by atoms with van der Waals surface area (Å²) in [5.41, 5.74) is 1.50. The standard InChI is InChI=1S/C9H10N2O2/c1-5-10-6-3-8(12)9(13)4-7(6)11(5)2/h3-4,12-13H,1-2H3. The van der Waals surface area contributed by atoms with Crippen molar-refractivity contribution in [3.63, 3.8) is 0 Å². The number of phenolic OH excluding ortho intramolecular Hbond substituents is 2. The second kappa shape index (κ2) is 2.39. The van der Waals surface area contributed by atoms with Crippen LogP contribution < -0.4 is 0 Å². The van der Waals surface area contributed by atoms with Gasteiger partial charge in [-0.15, -0.1) is 0 Å². The highest BCUT2D eigenvalue weighted by molar-refractivity contribution is 5.80. The molecule has 0 spiro atoms. The van der Waals surface area contributed by atoms with Crippen molar-refractivity contribution in [2.75, 3.05) is 0 Å². The lowest BCUT2D eigenvalue weighted by molar-refractivity contribution is 0.404. The van der Waals surface area contributed by atoms with E-state index in [2.05, 4.69) is 4.98 Å². The van der Waals surface area contributed by atoms with Crippen LogP contribution in [-0.2, 0) is 7.05 Å². The predicted molar refractivity (Wildman–Crippen MR) is 48.8 cm³/mol. The third-order valence-electron chi connectivity index (χ3n) is 2.20. The Morgan fingerprint density at radius 1 is 1.23 bits per heavy atom. The van der Waals surface area contributed by atoms with Gasteiger partial charge in [-0.1, -0.05) is 0 Å². The van der Waals surface area contributed by atoms with Gasteiger partial charge in [-0.25, -0.2) is 4.98 Å². The molecule has 0 fully saturated rings. The molecule has 0 bridgehead atoms. The average molecular weight is 178 g/mol. The van der Waals surface area contributed by atoms with Gasteiger partial charge >= 0.3 is 0 Å². The summed E-state index contributed by atoms with van der Waals surface area (Å²) in [6.07, 6.45) is 0. The first-order valence-corrected chi connectivity index (χ1v) is 3.94. The van der Waals surface area contributed by atoms with Crippen molar-refractivity contribution in [1.29, 1.82) is 0 Å². The molecule has 2 aromatic rings. The van der Waals surface area contributed by atoms with Crippen molar-refractivity contribution in [1.82, 2.24) is 9.55 Å². The van der Waals surface area contributed by atoms with Crippen LogP contribution in [0, 0.1) is 6.92 Å². The lowest BCUT2D eigenvalue weighted by atomic mass is 10.3. The lowest BCUT2D eigenvalue weighted by Gasteiger charge is -1.98. The average Bonchev–Trinajstić information content (AvgIpc) is 2.32. The maximum atomic E-state index is 9.26. The van der Waals surface area contributed by atoms with Crippen molar-refractivity contribution in [2.24, 2.45) is 7.05 Å². The van der Waals surface area contributed by atoms with E-state index >= 15 is 0 Å². The van der Waals surface area contributed by atoms with Crippen LogP contribution in [0.4, 0.5) is 0 Å². The fourth-order valence-corrected chi connectivity index (χ4v) is 1.34. The molecule has 4 heteroatoms. The van der Waals surface area contributed by atoms with E-state index in [1.54, 1.807) is 0 Å². The summed E-state index contributed by atoms with van der Waals surface area (Å²) in [5.74, 6) is 0.598. The second-order valence-corrected chi connectivity index (χ2v) is 3.05. The Bertz CT molecular complexity index is 474. The first kappa shape index (κ1) is 7.91. The summed E-state index contributed by atoms with van der Waals surface area (Å²) in [4.78, 5) is 4.21. The molecule has 13 heavy (non-hydrogen) atoms. The van der Waals surface area contributed by atoms with Crippen LogP contribution in [0.1, 0.15) is 5.82 Å². The Morgan fingerprint density at radius 2 is 1.85 bits per heavy atom. The van der Waals surface area contributed by atoms with Gasteiger partial charge in [0.15, 0.2) is 11.5 Å². The second-order valence-electron chi connectivity index (χ2n) is 3.05. The molecule has 0 aliphatic heterocycles. The van der Waals surface area contributed by atoms with Crippen molar-refractivity contribution >= 4 is 11.0 Å². The smallest absolute Gasteiger partial charge is 0.159 e. The summed E-state index contributed by atoms with van der Waals surface area (Å²) in [6.45, 7) is 1.87. The van der Waals surface area contributed by atoms with E-state index in [9.17, 15) is 10.2 Å². The van der Waals surface area contributed by atoms with E-state index in [1.807, 2.05) is 18.5 Å². The molecule has 4 nitrogen and oxygen atoms in total. The number of hydrogen-bond acceptors (Lipinski definition) is 3. The van der Waals surface area contributed by atoms with Crippen LogP contribution in [0.3, 0.4) is 0 Å². The van der Waals surface area contributed by atoms with Gasteiger partial charge in [0.2, 0.25) is 0 Å². The first-order valence-electron chi connectivity index (χ1n) is 3.94. The minimum Gasteiger partial charge on any atom is -0.504 e. The minimum atomic E-state index is -0.134. The first-order chi connectivity index (χ1) is 6.09. The molecule has 0 unspecified atom stereocenters. The van der Waals surface area contributed by atoms with Crippen molar-refractivity contribution in [3.8, 4) is 11.5 Å².